The van der Waals surface area contributed by atoms with E-state index in [1.165, 1.54) is 18.3 Å². The Morgan fingerprint density at radius 2 is 1.66 bits per heavy atom. The normalized spacial score (nSPS) is 11.8. The Morgan fingerprint density at radius 1 is 1.00 bits per heavy atom. The fourth-order valence-corrected chi connectivity index (χ4v) is 3.44. The number of alkyl halides is 2. The molecular formula is C21H18F2N2O3S. The van der Waals surface area contributed by atoms with Crippen molar-refractivity contribution in [1.29, 1.82) is 0 Å². The zero-order valence-electron chi connectivity index (χ0n) is 15.2. The van der Waals surface area contributed by atoms with E-state index in [0.29, 0.717) is 9.76 Å². The first kappa shape index (κ1) is 20.6. The number of halogens is 2. The van der Waals surface area contributed by atoms with Gasteiger partial charge in [-0.1, -0.05) is 42.5 Å². The van der Waals surface area contributed by atoms with E-state index in [2.05, 4.69) is 10.1 Å². The lowest BCUT2D eigenvalue weighted by Crippen LogP contribution is -2.32. The lowest BCUT2D eigenvalue weighted by molar-refractivity contribution is -0.645. The number of ether oxygens (including phenoxy) is 1. The van der Waals surface area contributed by atoms with Crippen LogP contribution in [0.25, 0.3) is 0 Å². The Bertz CT molecular complexity index is 940. The van der Waals surface area contributed by atoms with E-state index < -0.39 is 12.7 Å². The molecule has 0 unspecified atom stereocenters. The van der Waals surface area contributed by atoms with Gasteiger partial charge in [0.05, 0.1) is 11.8 Å². The number of thioether (sulfide) groups is 1. The van der Waals surface area contributed by atoms with Gasteiger partial charge in [-0.25, -0.2) is 0 Å². The van der Waals surface area contributed by atoms with E-state index in [9.17, 15) is 18.8 Å². The summed E-state index contributed by atoms with van der Waals surface area (Å²) in [6.07, 6.45) is 1.37. The quantitative estimate of drug-likeness (QED) is 0.343. The fraction of sp³-hybridized carbons (Fsp3) is 0.143. The molecule has 0 aliphatic rings. The number of hydrogen-bond acceptors (Lipinski definition) is 4. The Labute approximate surface area is 170 Å². The number of rotatable bonds is 8. The summed E-state index contributed by atoms with van der Waals surface area (Å²) in [5.74, 6) is -0.163. The van der Waals surface area contributed by atoms with Crippen LogP contribution in [0, 0.1) is 5.21 Å². The minimum absolute atomic E-state index is 0.0431. The minimum Gasteiger partial charge on any atom is -0.618 e. The first-order chi connectivity index (χ1) is 14.0. The zero-order valence-corrected chi connectivity index (χ0v) is 16.0. The molecule has 1 atom stereocenters. The van der Waals surface area contributed by atoms with Crippen molar-refractivity contribution in [3.63, 3.8) is 0 Å². The van der Waals surface area contributed by atoms with Crippen molar-refractivity contribution in [1.82, 2.24) is 5.32 Å². The molecule has 3 rings (SSSR count). The maximum Gasteiger partial charge on any atom is 0.387 e. The standard InChI is InChI=1S/C21H18F2N2O3S/c22-21(23)28-17-11-9-16(10-12-17)20(15-6-2-1-3-7-15)24-18(26)14-29-19-8-4-5-13-25(19)27/h1-13,20-21H,14H2,(H,24,26)/t20-/m1/s1. The largest absolute Gasteiger partial charge is 0.618 e. The molecule has 0 fully saturated rings. The van der Waals surface area contributed by atoms with E-state index in [4.69, 9.17) is 0 Å². The molecule has 0 spiro atoms. The van der Waals surface area contributed by atoms with Crippen LogP contribution in [0.1, 0.15) is 17.2 Å². The molecule has 1 aromatic heterocycles. The minimum atomic E-state index is -2.90. The zero-order chi connectivity index (χ0) is 20.6. The lowest BCUT2D eigenvalue weighted by Gasteiger charge is -2.20. The number of pyridine rings is 1. The van der Waals surface area contributed by atoms with Gasteiger partial charge in [0.15, 0.2) is 6.20 Å². The molecule has 1 amide bonds. The molecule has 29 heavy (non-hydrogen) atoms. The van der Waals surface area contributed by atoms with Crippen molar-refractivity contribution < 1.29 is 23.0 Å². The van der Waals surface area contributed by atoms with E-state index in [1.807, 2.05) is 30.3 Å². The first-order valence-corrected chi connectivity index (χ1v) is 9.71. The van der Waals surface area contributed by atoms with Crippen molar-refractivity contribution in [3.8, 4) is 5.75 Å². The highest BCUT2D eigenvalue weighted by Crippen LogP contribution is 2.25. The van der Waals surface area contributed by atoms with Crippen LogP contribution in [0.15, 0.2) is 84.0 Å². The summed E-state index contributed by atoms with van der Waals surface area (Å²) in [7, 11) is 0. The molecule has 2 aromatic carbocycles. The molecule has 8 heteroatoms. The SMILES string of the molecule is O=C(CSc1cccc[n+]1[O-])N[C@H](c1ccccc1)c1ccc(OC(F)F)cc1. The molecule has 5 nitrogen and oxygen atoms in total. The van der Waals surface area contributed by atoms with Crippen molar-refractivity contribution >= 4 is 17.7 Å². The second-order valence-corrected chi connectivity index (χ2v) is 7.01. The summed E-state index contributed by atoms with van der Waals surface area (Å²) in [6, 6.07) is 19.9. The van der Waals surface area contributed by atoms with Gasteiger partial charge in [-0.3, -0.25) is 4.79 Å². The predicted molar refractivity (Wildman–Crippen MR) is 106 cm³/mol. The molecule has 0 aliphatic carbocycles. The fourth-order valence-electron chi connectivity index (χ4n) is 2.71. The van der Waals surface area contributed by atoms with Crippen LogP contribution in [-0.4, -0.2) is 18.3 Å². The van der Waals surface area contributed by atoms with Crippen LogP contribution in [-0.2, 0) is 4.79 Å². The topological polar surface area (TPSA) is 65.3 Å². The summed E-state index contributed by atoms with van der Waals surface area (Å²) < 4.78 is 29.8. The molecule has 0 bridgehead atoms. The molecule has 0 radical (unpaired) electrons. The average molecular weight is 416 g/mol. The van der Waals surface area contributed by atoms with Crippen LogP contribution in [0.5, 0.6) is 5.75 Å². The molecule has 1 heterocycles. The Balaban J connectivity index is 1.74. The van der Waals surface area contributed by atoms with Crippen LogP contribution in [0.2, 0.25) is 0 Å². The number of aromatic nitrogens is 1. The smallest absolute Gasteiger partial charge is 0.387 e. The third-order valence-electron chi connectivity index (χ3n) is 4.02. The van der Waals surface area contributed by atoms with Gasteiger partial charge in [-0.2, -0.15) is 13.5 Å². The third kappa shape index (κ3) is 5.92. The van der Waals surface area contributed by atoms with E-state index in [0.717, 1.165) is 22.9 Å². The van der Waals surface area contributed by atoms with Crippen molar-refractivity contribution in [3.05, 3.63) is 95.3 Å². The molecular weight excluding hydrogens is 398 g/mol. The number of nitrogens with one attached hydrogen (secondary N) is 1. The van der Waals surface area contributed by atoms with Gasteiger partial charge >= 0.3 is 6.61 Å². The molecule has 1 N–H and O–H groups in total. The van der Waals surface area contributed by atoms with Crippen LogP contribution < -0.4 is 14.8 Å². The summed E-state index contributed by atoms with van der Waals surface area (Å²) in [5.41, 5.74) is 1.56. The molecule has 150 valence electrons. The number of hydrogen-bond donors (Lipinski definition) is 1. The van der Waals surface area contributed by atoms with Gasteiger partial charge in [0.25, 0.3) is 5.03 Å². The van der Waals surface area contributed by atoms with Gasteiger partial charge < -0.3 is 15.3 Å². The summed E-state index contributed by atoms with van der Waals surface area (Å²) >= 11 is 1.13. The number of nitrogens with zero attached hydrogens (tertiary/aromatic N) is 1. The maximum atomic E-state index is 12.5. The van der Waals surface area contributed by atoms with Crippen LogP contribution >= 0.6 is 11.8 Å². The molecule has 0 aliphatic heterocycles. The monoisotopic (exact) mass is 416 g/mol. The number of carbonyl (C=O) groups is 1. The summed E-state index contributed by atoms with van der Waals surface area (Å²) in [6.45, 7) is -2.90. The van der Waals surface area contributed by atoms with Crippen LogP contribution in [0.3, 0.4) is 0 Å². The van der Waals surface area contributed by atoms with Gasteiger partial charge in [0.1, 0.15) is 5.75 Å². The predicted octanol–water partition coefficient (Wildman–Crippen LogP) is 3.92. The number of benzene rings is 2. The van der Waals surface area contributed by atoms with E-state index in [1.54, 1.807) is 30.3 Å². The highest BCUT2D eigenvalue weighted by molar-refractivity contribution is 7.99. The number of amides is 1. The van der Waals surface area contributed by atoms with Gasteiger partial charge in [0, 0.05) is 12.1 Å². The van der Waals surface area contributed by atoms with Crippen molar-refractivity contribution in [2.45, 2.75) is 17.7 Å². The summed E-state index contributed by atoms with van der Waals surface area (Å²) in [5, 5.41) is 15.1. The second-order valence-electron chi connectivity index (χ2n) is 6.01. The van der Waals surface area contributed by atoms with Crippen molar-refractivity contribution in [2.24, 2.45) is 0 Å². The molecule has 0 saturated heterocycles. The average Bonchev–Trinajstić information content (AvgIpc) is 2.72. The molecule has 3 aromatic rings. The highest BCUT2D eigenvalue weighted by Gasteiger charge is 2.18. The van der Waals surface area contributed by atoms with Gasteiger partial charge in [-0.05, 0) is 41.1 Å². The van der Waals surface area contributed by atoms with E-state index >= 15 is 0 Å². The maximum absolute atomic E-state index is 12.5. The molecule has 0 saturated carbocycles. The van der Waals surface area contributed by atoms with Gasteiger partial charge in [0.2, 0.25) is 5.91 Å². The Kier molecular flexibility index (Phi) is 7.02. The highest BCUT2D eigenvalue weighted by atomic mass is 32.2. The number of carbonyl (C=O) groups excluding carboxylic acids is 1. The second kappa shape index (κ2) is 9.88. The summed E-state index contributed by atoms with van der Waals surface area (Å²) in [4.78, 5) is 12.5. The lowest BCUT2D eigenvalue weighted by atomic mass is 9.98. The van der Waals surface area contributed by atoms with Crippen LogP contribution in [0.4, 0.5) is 8.78 Å². The Hall–Kier alpha value is -3.13. The van der Waals surface area contributed by atoms with Crippen molar-refractivity contribution in [2.75, 3.05) is 5.75 Å². The third-order valence-corrected chi connectivity index (χ3v) is 5.03. The van der Waals surface area contributed by atoms with E-state index in [-0.39, 0.29) is 17.4 Å². The van der Waals surface area contributed by atoms with Gasteiger partial charge in [-0.15, -0.1) is 0 Å². The first-order valence-electron chi connectivity index (χ1n) is 8.73. The Morgan fingerprint density at radius 3 is 2.31 bits per heavy atom.